The average molecular weight is 1050 g/mol. The third-order valence-electron chi connectivity index (χ3n) is 12.5. The van der Waals surface area contributed by atoms with Gasteiger partial charge in [-0.25, -0.2) is 14.6 Å². The summed E-state index contributed by atoms with van der Waals surface area (Å²) in [7, 11) is 0. The predicted molar refractivity (Wildman–Crippen MR) is 300 cm³/mol. The van der Waals surface area contributed by atoms with Crippen LogP contribution in [0.1, 0.15) is 60.0 Å². The Kier molecular flexibility index (Phi) is 19.0. The molecule has 0 amide bonds. The van der Waals surface area contributed by atoms with E-state index in [0.29, 0.717) is 82.3 Å². The lowest BCUT2D eigenvalue weighted by Gasteiger charge is -2.19. The molecule has 0 aliphatic carbocycles. The number of hydrogen-bond donors (Lipinski definition) is 5. The van der Waals surface area contributed by atoms with E-state index in [1.165, 1.54) is 0 Å². The molecule has 0 bridgehead atoms. The number of ketones is 2. The first-order valence-electron chi connectivity index (χ1n) is 25.1. The molecule has 0 saturated heterocycles. The number of para-hydroxylation sites is 4. The number of aliphatic carboxylic acids is 2. The van der Waals surface area contributed by atoms with Crippen molar-refractivity contribution in [2.24, 2.45) is 0 Å². The van der Waals surface area contributed by atoms with Crippen LogP contribution in [0.2, 0.25) is 5.02 Å². The second kappa shape index (κ2) is 27.0. The van der Waals surface area contributed by atoms with Crippen molar-refractivity contribution in [2.75, 3.05) is 30.4 Å². The fraction of sp³-hybridized carbons (Fsp3) is 0.159. The smallest absolute Gasteiger partial charge is 0.326 e. The molecule has 14 heteroatoms. The summed E-state index contributed by atoms with van der Waals surface area (Å²) in [6.45, 7) is 3.95. The van der Waals surface area contributed by atoms with Crippen molar-refractivity contribution in [1.82, 2.24) is 10.3 Å². The van der Waals surface area contributed by atoms with Gasteiger partial charge >= 0.3 is 11.9 Å². The van der Waals surface area contributed by atoms with Gasteiger partial charge in [-0.2, -0.15) is 0 Å². The van der Waals surface area contributed by atoms with Crippen LogP contribution in [0.3, 0.4) is 0 Å². The summed E-state index contributed by atoms with van der Waals surface area (Å²) in [6.07, 6.45) is 1.23. The van der Waals surface area contributed by atoms with E-state index in [1.807, 2.05) is 128 Å². The van der Waals surface area contributed by atoms with Gasteiger partial charge in [-0.05, 0) is 102 Å². The van der Waals surface area contributed by atoms with Crippen molar-refractivity contribution in [2.45, 2.75) is 44.8 Å². The molecule has 0 radical (unpaired) electrons. The van der Waals surface area contributed by atoms with Crippen LogP contribution in [0.4, 0.5) is 11.4 Å². The number of carboxylic acids is 2. The minimum atomic E-state index is -1.01. The van der Waals surface area contributed by atoms with Crippen LogP contribution in [-0.4, -0.2) is 70.5 Å². The third kappa shape index (κ3) is 15.5. The number of carboxylic acid groups (broad SMARTS) is 2. The molecule has 0 aliphatic heterocycles. The van der Waals surface area contributed by atoms with Crippen molar-refractivity contribution in [3.63, 3.8) is 0 Å². The summed E-state index contributed by atoms with van der Waals surface area (Å²) in [5, 5.41) is 29.9. The minimum absolute atomic E-state index is 0.153. The van der Waals surface area contributed by atoms with Crippen molar-refractivity contribution < 1.29 is 43.3 Å². The first-order valence-corrected chi connectivity index (χ1v) is 25.4. The Morgan fingerprint density at radius 3 is 1.61 bits per heavy atom. The van der Waals surface area contributed by atoms with E-state index in [-0.39, 0.29) is 24.4 Å². The van der Waals surface area contributed by atoms with Gasteiger partial charge in [0.25, 0.3) is 0 Å². The number of rotatable bonds is 24. The van der Waals surface area contributed by atoms with E-state index in [1.54, 1.807) is 78.9 Å². The number of benzene rings is 8. The second-order valence-corrected chi connectivity index (χ2v) is 18.5. The minimum Gasteiger partial charge on any atom is -0.493 e. The Hall–Kier alpha value is -9.04. The molecule has 1 aromatic heterocycles. The van der Waals surface area contributed by atoms with E-state index in [2.05, 4.69) is 20.9 Å². The number of oxazole rings is 1. The zero-order chi connectivity index (χ0) is 53.9. The van der Waals surface area contributed by atoms with Crippen molar-refractivity contribution in [3.8, 4) is 11.5 Å². The molecule has 1 heterocycles. The zero-order valence-electron chi connectivity index (χ0n) is 42.2. The molecule has 5 N–H and O–H groups in total. The first-order chi connectivity index (χ1) is 37.5. The Labute approximate surface area is 451 Å². The Morgan fingerprint density at radius 1 is 0.545 bits per heavy atom. The molecule has 2 unspecified atom stereocenters. The molecular formula is C63H57ClN4O9. The van der Waals surface area contributed by atoms with E-state index < -0.39 is 24.0 Å². The van der Waals surface area contributed by atoms with Crippen LogP contribution < -0.4 is 25.4 Å². The number of carbonyl (C=O) groups is 4. The summed E-state index contributed by atoms with van der Waals surface area (Å²) >= 11 is 5.92. The van der Waals surface area contributed by atoms with Gasteiger partial charge in [0.15, 0.2) is 17.1 Å². The summed E-state index contributed by atoms with van der Waals surface area (Å²) in [6, 6.07) is 58.5. The van der Waals surface area contributed by atoms with E-state index in [4.69, 9.17) is 25.5 Å². The van der Waals surface area contributed by atoms with Crippen LogP contribution >= 0.6 is 11.6 Å². The van der Waals surface area contributed by atoms with E-state index in [9.17, 15) is 29.4 Å². The molecular weight excluding hydrogens is 992 g/mol. The molecule has 390 valence electrons. The topological polar surface area (TPSA) is 189 Å². The maximum atomic E-state index is 13.3. The van der Waals surface area contributed by atoms with Crippen LogP contribution in [0.25, 0.3) is 11.1 Å². The molecule has 77 heavy (non-hydrogen) atoms. The lowest BCUT2D eigenvalue weighted by molar-refractivity contribution is -0.138. The van der Waals surface area contributed by atoms with E-state index in [0.717, 1.165) is 39.8 Å². The number of hydrogen-bond acceptors (Lipinski definition) is 11. The predicted octanol–water partition coefficient (Wildman–Crippen LogP) is 11.9. The molecule has 13 nitrogen and oxygen atoms in total. The first kappa shape index (κ1) is 54.2. The Bertz CT molecular complexity index is 3370. The highest BCUT2D eigenvalue weighted by Gasteiger charge is 2.24. The monoisotopic (exact) mass is 1050 g/mol. The standard InChI is InChI=1S/C33H31N3O5.C30H26ClNO4/c1-22-8-2-3-9-25(22)32(37)26-10-4-5-11-27(26)35-29(33(38)39)20-23-14-16-24(17-15-23)40-19-18-34-21-31-36-28-12-6-7-13-30(28)41-31;31-24-14-10-21(11-15-24)18-19-36-25-16-12-22(13-17-25)20-28(30(34)35)32-27-9-5-4-8-26(27)29(33)23-6-2-1-3-7-23/h2-17,29,34-35H,18-21H2,1H3,(H,38,39);1-17,28,32H,18-20H2,(H,34,35). The quantitative estimate of drug-likeness (QED) is 0.0284. The number of carbonyl (C=O) groups excluding carboxylic acids is 2. The van der Waals surface area contributed by atoms with Gasteiger partial charge in [0.2, 0.25) is 5.89 Å². The highest BCUT2D eigenvalue weighted by molar-refractivity contribution is 6.30. The highest BCUT2D eigenvalue weighted by Crippen LogP contribution is 2.25. The molecule has 0 saturated carbocycles. The number of aryl methyl sites for hydroxylation is 1. The van der Waals surface area contributed by atoms with Gasteiger partial charge in [0, 0.05) is 64.5 Å². The van der Waals surface area contributed by atoms with Crippen molar-refractivity contribution in [1.29, 1.82) is 0 Å². The number of fused-ring (bicyclic) bond motifs is 1. The van der Waals surface area contributed by atoms with Gasteiger partial charge in [0.1, 0.15) is 35.7 Å². The van der Waals surface area contributed by atoms with Crippen LogP contribution in [0, 0.1) is 6.92 Å². The summed E-state index contributed by atoms with van der Waals surface area (Å²) in [5.74, 6) is -0.297. The van der Waals surface area contributed by atoms with Crippen LogP contribution in [0.15, 0.2) is 205 Å². The van der Waals surface area contributed by atoms with Crippen molar-refractivity contribution >= 4 is 57.6 Å². The van der Waals surface area contributed by atoms with Gasteiger partial charge in [-0.3, -0.25) is 9.59 Å². The molecule has 2 atom stereocenters. The second-order valence-electron chi connectivity index (χ2n) is 18.0. The third-order valence-corrected chi connectivity index (χ3v) is 12.7. The lowest BCUT2D eigenvalue weighted by Crippen LogP contribution is -2.32. The summed E-state index contributed by atoms with van der Waals surface area (Å²) < 4.78 is 17.3. The van der Waals surface area contributed by atoms with Gasteiger partial charge < -0.3 is 40.1 Å². The number of halogens is 1. The summed E-state index contributed by atoms with van der Waals surface area (Å²) in [5.41, 5.74) is 8.24. The van der Waals surface area contributed by atoms with Gasteiger partial charge in [-0.15, -0.1) is 0 Å². The molecule has 0 fully saturated rings. The average Bonchev–Trinajstić information content (AvgIpc) is 3.88. The van der Waals surface area contributed by atoms with Gasteiger partial charge in [-0.1, -0.05) is 139 Å². The SMILES string of the molecule is Cc1ccccc1C(=O)c1ccccc1NC(Cc1ccc(OCCNCc2nc3ccccc3o2)cc1)C(=O)O.O=C(c1ccccc1)c1ccccc1NC(Cc1ccc(OCCc2ccc(Cl)cc2)cc1)C(=O)O. The number of ether oxygens (including phenoxy) is 2. The molecule has 0 spiro atoms. The zero-order valence-corrected chi connectivity index (χ0v) is 43.0. The van der Waals surface area contributed by atoms with Crippen LogP contribution in [-0.2, 0) is 35.4 Å². The summed E-state index contributed by atoms with van der Waals surface area (Å²) in [4.78, 5) is 54.9. The van der Waals surface area contributed by atoms with E-state index >= 15 is 0 Å². The molecule has 9 aromatic rings. The van der Waals surface area contributed by atoms with Crippen molar-refractivity contribution in [3.05, 3.63) is 256 Å². The highest BCUT2D eigenvalue weighted by atomic mass is 35.5. The largest absolute Gasteiger partial charge is 0.493 e. The molecule has 0 aliphatic rings. The number of nitrogens with one attached hydrogen (secondary N) is 3. The Balaban J connectivity index is 0.000000205. The Morgan fingerprint density at radius 2 is 1.04 bits per heavy atom. The normalized spacial score (nSPS) is 11.6. The number of anilines is 2. The van der Waals surface area contributed by atoms with Gasteiger partial charge in [0.05, 0.1) is 13.2 Å². The molecule has 9 rings (SSSR count). The fourth-order valence-corrected chi connectivity index (χ4v) is 8.52. The van der Waals surface area contributed by atoms with Crippen LogP contribution in [0.5, 0.6) is 11.5 Å². The lowest BCUT2D eigenvalue weighted by atomic mass is 9.97. The number of nitrogens with zero attached hydrogens (tertiary/aromatic N) is 1. The molecule has 8 aromatic carbocycles. The fourth-order valence-electron chi connectivity index (χ4n) is 8.39. The maximum absolute atomic E-state index is 13.3. The maximum Gasteiger partial charge on any atom is 0.326 e. The number of aromatic nitrogens is 1.